The summed E-state index contributed by atoms with van der Waals surface area (Å²) in [6, 6.07) is 16.5. The number of anilines is 1. The van der Waals surface area contributed by atoms with Crippen LogP contribution in [0, 0.1) is 0 Å². The van der Waals surface area contributed by atoms with E-state index >= 15 is 0 Å². The van der Waals surface area contributed by atoms with Crippen LogP contribution in [0.4, 0.5) is 10.5 Å². The maximum atomic E-state index is 11.7. The molecule has 110 valence electrons. The lowest BCUT2D eigenvalue weighted by Crippen LogP contribution is -2.32. The van der Waals surface area contributed by atoms with E-state index in [9.17, 15) is 9.90 Å². The highest BCUT2D eigenvalue weighted by Gasteiger charge is 2.09. The van der Waals surface area contributed by atoms with Crippen molar-refractivity contribution in [2.45, 2.75) is 11.0 Å². The van der Waals surface area contributed by atoms with E-state index in [1.54, 1.807) is 23.9 Å². The third-order valence-electron chi connectivity index (χ3n) is 2.99. The van der Waals surface area contributed by atoms with Gasteiger partial charge in [-0.25, -0.2) is 4.79 Å². The van der Waals surface area contributed by atoms with Crippen LogP contribution in [0.25, 0.3) is 0 Å². The van der Waals surface area contributed by atoms with E-state index < -0.39 is 6.10 Å². The van der Waals surface area contributed by atoms with Crippen molar-refractivity contribution in [1.29, 1.82) is 0 Å². The minimum Gasteiger partial charge on any atom is -0.387 e. The zero-order valence-corrected chi connectivity index (χ0v) is 12.6. The molecule has 1 unspecified atom stereocenters. The van der Waals surface area contributed by atoms with Crippen LogP contribution in [-0.4, -0.2) is 23.9 Å². The Balaban J connectivity index is 1.82. The van der Waals surface area contributed by atoms with Crippen LogP contribution >= 0.6 is 11.8 Å². The van der Waals surface area contributed by atoms with Crippen LogP contribution in [0.5, 0.6) is 0 Å². The van der Waals surface area contributed by atoms with Gasteiger partial charge < -0.3 is 15.7 Å². The fourth-order valence-electron chi connectivity index (χ4n) is 1.83. The average Bonchev–Trinajstić information content (AvgIpc) is 2.53. The van der Waals surface area contributed by atoms with Gasteiger partial charge in [0.05, 0.1) is 6.10 Å². The highest BCUT2D eigenvalue weighted by molar-refractivity contribution is 7.98. The molecule has 0 fully saturated rings. The average molecular weight is 302 g/mol. The topological polar surface area (TPSA) is 61.4 Å². The molecular weight excluding hydrogens is 284 g/mol. The van der Waals surface area contributed by atoms with Crippen LogP contribution in [0.3, 0.4) is 0 Å². The number of hydrogen-bond donors (Lipinski definition) is 3. The first-order valence-corrected chi connectivity index (χ1v) is 7.83. The Morgan fingerprint density at radius 1 is 1.14 bits per heavy atom. The number of rotatable bonds is 5. The minimum absolute atomic E-state index is 0.164. The van der Waals surface area contributed by atoms with Gasteiger partial charge in [0.2, 0.25) is 0 Å². The number of nitrogens with one attached hydrogen (secondary N) is 2. The quantitative estimate of drug-likeness (QED) is 0.743. The molecule has 0 aliphatic heterocycles. The number of benzene rings is 2. The minimum atomic E-state index is -0.720. The van der Waals surface area contributed by atoms with Crippen LogP contribution < -0.4 is 10.6 Å². The summed E-state index contributed by atoms with van der Waals surface area (Å²) in [4.78, 5) is 12.9. The van der Waals surface area contributed by atoms with Crippen molar-refractivity contribution in [2.24, 2.45) is 0 Å². The third-order valence-corrected chi connectivity index (χ3v) is 3.73. The Morgan fingerprint density at radius 3 is 2.43 bits per heavy atom. The summed E-state index contributed by atoms with van der Waals surface area (Å²) in [5, 5.41) is 15.4. The van der Waals surface area contributed by atoms with Gasteiger partial charge in [-0.2, -0.15) is 0 Å². The molecule has 3 N–H and O–H groups in total. The Kier molecular flexibility index (Phi) is 5.66. The number of aliphatic hydroxyl groups excluding tert-OH is 1. The summed E-state index contributed by atoms with van der Waals surface area (Å²) in [6.07, 6.45) is 1.28. The Labute approximate surface area is 128 Å². The molecule has 0 spiro atoms. The second kappa shape index (κ2) is 7.71. The van der Waals surface area contributed by atoms with Crippen LogP contribution in [0.15, 0.2) is 59.5 Å². The highest BCUT2D eigenvalue weighted by atomic mass is 32.2. The lowest BCUT2D eigenvalue weighted by molar-refractivity contribution is 0.175. The van der Waals surface area contributed by atoms with Crippen molar-refractivity contribution in [3.63, 3.8) is 0 Å². The van der Waals surface area contributed by atoms with E-state index in [0.717, 1.165) is 10.5 Å². The van der Waals surface area contributed by atoms with Crippen molar-refractivity contribution in [3.05, 3.63) is 60.2 Å². The zero-order valence-electron chi connectivity index (χ0n) is 11.7. The Bertz CT molecular complexity index is 573. The second-order valence-corrected chi connectivity index (χ2v) is 5.37. The van der Waals surface area contributed by atoms with E-state index in [4.69, 9.17) is 0 Å². The Hall–Kier alpha value is -1.98. The standard InChI is InChI=1S/C16H18N2O2S/c1-21-14-9-7-12(8-10-14)15(19)11-17-16(20)18-13-5-3-2-4-6-13/h2-10,15,19H,11H2,1H3,(H2,17,18,20). The summed E-state index contributed by atoms with van der Waals surface area (Å²) < 4.78 is 0. The van der Waals surface area contributed by atoms with Gasteiger partial charge in [0.15, 0.2) is 0 Å². The summed E-state index contributed by atoms with van der Waals surface area (Å²) >= 11 is 1.65. The van der Waals surface area contributed by atoms with Gasteiger partial charge in [0.1, 0.15) is 0 Å². The van der Waals surface area contributed by atoms with Gasteiger partial charge in [0.25, 0.3) is 0 Å². The maximum Gasteiger partial charge on any atom is 0.319 e. The normalized spacial score (nSPS) is 11.7. The summed E-state index contributed by atoms with van der Waals surface area (Å²) in [5.74, 6) is 0. The number of amides is 2. The number of hydrogen-bond acceptors (Lipinski definition) is 3. The predicted molar refractivity (Wildman–Crippen MR) is 86.6 cm³/mol. The van der Waals surface area contributed by atoms with E-state index in [0.29, 0.717) is 5.69 Å². The summed E-state index contributed by atoms with van der Waals surface area (Å²) in [5.41, 5.74) is 1.50. The molecule has 0 bridgehead atoms. The van der Waals surface area contributed by atoms with E-state index in [2.05, 4.69) is 10.6 Å². The van der Waals surface area contributed by atoms with Crippen molar-refractivity contribution in [3.8, 4) is 0 Å². The highest BCUT2D eigenvalue weighted by Crippen LogP contribution is 2.18. The predicted octanol–water partition coefficient (Wildman–Crippen LogP) is 3.26. The number of thioether (sulfide) groups is 1. The van der Waals surface area contributed by atoms with Gasteiger partial charge in [-0.05, 0) is 36.1 Å². The first-order valence-electron chi connectivity index (χ1n) is 6.61. The van der Waals surface area contributed by atoms with Crippen LogP contribution in [0.2, 0.25) is 0 Å². The smallest absolute Gasteiger partial charge is 0.319 e. The van der Waals surface area contributed by atoms with Crippen LogP contribution in [-0.2, 0) is 0 Å². The zero-order chi connectivity index (χ0) is 15.1. The number of aliphatic hydroxyl groups is 1. The molecule has 2 amide bonds. The van der Waals surface area contributed by atoms with Gasteiger partial charge in [0, 0.05) is 17.1 Å². The summed E-state index contributed by atoms with van der Waals surface area (Å²) in [7, 11) is 0. The van der Waals surface area contributed by atoms with Crippen molar-refractivity contribution < 1.29 is 9.90 Å². The van der Waals surface area contributed by atoms with Gasteiger partial charge >= 0.3 is 6.03 Å². The second-order valence-electron chi connectivity index (χ2n) is 4.49. The maximum absolute atomic E-state index is 11.7. The number of para-hydroxylation sites is 1. The lowest BCUT2D eigenvalue weighted by Gasteiger charge is -2.13. The van der Waals surface area contributed by atoms with E-state index in [1.807, 2.05) is 48.7 Å². The Morgan fingerprint density at radius 2 is 1.81 bits per heavy atom. The first kappa shape index (κ1) is 15.4. The van der Waals surface area contributed by atoms with Gasteiger partial charge in [-0.3, -0.25) is 0 Å². The molecule has 0 aliphatic rings. The molecule has 2 rings (SSSR count). The number of urea groups is 1. The van der Waals surface area contributed by atoms with Crippen molar-refractivity contribution >= 4 is 23.5 Å². The SMILES string of the molecule is CSc1ccc(C(O)CNC(=O)Nc2ccccc2)cc1. The molecular formula is C16H18N2O2S. The molecule has 21 heavy (non-hydrogen) atoms. The summed E-state index contributed by atoms with van der Waals surface area (Å²) in [6.45, 7) is 0.164. The van der Waals surface area contributed by atoms with E-state index in [-0.39, 0.29) is 12.6 Å². The largest absolute Gasteiger partial charge is 0.387 e. The molecule has 1 atom stereocenters. The number of carbonyl (C=O) groups is 1. The molecule has 5 heteroatoms. The lowest BCUT2D eigenvalue weighted by atomic mass is 10.1. The molecule has 2 aromatic rings. The molecule has 0 radical (unpaired) electrons. The first-order chi connectivity index (χ1) is 10.2. The fourth-order valence-corrected chi connectivity index (χ4v) is 2.24. The molecule has 0 aromatic heterocycles. The van der Waals surface area contributed by atoms with E-state index in [1.165, 1.54) is 0 Å². The van der Waals surface area contributed by atoms with Gasteiger partial charge in [-0.15, -0.1) is 11.8 Å². The molecule has 0 saturated carbocycles. The third kappa shape index (κ3) is 4.81. The number of carbonyl (C=O) groups excluding carboxylic acids is 1. The molecule has 0 saturated heterocycles. The van der Waals surface area contributed by atoms with Crippen LogP contribution in [0.1, 0.15) is 11.7 Å². The molecule has 0 heterocycles. The molecule has 0 aliphatic carbocycles. The molecule has 2 aromatic carbocycles. The molecule has 4 nitrogen and oxygen atoms in total. The fraction of sp³-hybridized carbons (Fsp3) is 0.188. The monoisotopic (exact) mass is 302 g/mol. The van der Waals surface area contributed by atoms with Gasteiger partial charge in [-0.1, -0.05) is 30.3 Å². The van der Waals surface area contributed by atoms with Crippen molar-refractivity contribution in [1.82, 2.24) is 5.32 Å². The van der Waals surface area contributed by atoms with Crippen molar-refractivity contribution in [2.75, 3.05) is 18.1 Å².